The Hall–Kier alpha value is -0.900. The Kier molecular flexibility index (Phi) is 3.22. The average Bonchev–Trinajstić information content (AvgIpc) is 2.47. The van der Waals surface area contributed by atoms with Crippen molar-refractivity contribution in [2.75, 3.05) is 13.6 Å². The first kappa shape index (κ1) is 9.19. The van der Waals surface area contributed by atoms with Gasteiger partial charge in [-0.25, -0.2) is 0 Å². The highest BCUT2D eigenvalue weighted by Gasteiger charge is 2.10. The Morgan fingerprint density at radius 3 is 2.83 bits per heavy atom. The third kappa shape index (κ3) is 2.30. The lowest BCUT2D eigenvalue weighted by molar-refractivity contribution is 0.382. The van der Waals surface area contributed by atoms with Crippen LogP contribution in [0.15, 0.2) is 4.52 Å². The van der Waals surface area contributed by atoms with E-state index in [0.29, 0.717) is 11.8 Å². The molecule has 0 spiro atoms. The highest BCUT2D eigenvalue weighted by atomic mass is 16.5. The minimum atomic E-state index is 0.370. The zero-order valence-corrected chi connectivity index (χ0v) is 7.79. The van der Waals surface area contributed by atoms with Crippen LogP contribution in [0.1, 0.15) is 31.0 Å². The molecule has 0 amide bonds. The molecule has 1 rings (SSSR count). The highest BCUT2D eigenvalue weighted by Crippen LogP contribution is 2.14. The van der Waals surface area contributed by atoms with E-state index in [4.69, 9.17) is 4.52 Å². The summed E-state index contributed by atoms with van der Waals surface area (Å²) >= 11 is 0. The molecule has 0 saturated heterocycles. The van der Waals surface area contributed by atoms with Gasteiger partial charge >= 0.3 is 0 Å². The van der Waals surface area contributed by atoms with Gasteiger partial charge in [-0.05, 0) is 20.0 Å². The van der Waals surface area contributed by atoms with E-state index in [1.165, 1.54) is 0 Å². The third-order valence-electron chi connectivity index (χ3n) is 1.81. The second-order valence-corrected chi connectivity index (χ2v) is 2.96. The fourth-order valence-corrected chi connectivity index (χ4v) is 1.01. The summed E-state index contributed by atoms with van der Waals surface area (Å²) in [7, 11) is 1.94. The van der Waals surface area contributed by atoms with E-state index in [9.17, 15) is 0 Å². The first-order chi connectivity index (χ1) is 5.74. The van der Waals surface area contributed by atoms with Crippen LogP contribution in [-0.4, -0.2) is 23.7 Å². The van der Waals surface area contributed by atoms with Crippen molar-refractivity contribution in [1.82, 2.24) is 15.5 Å². The van der Waals surface area contributed by atoms with Gasteiger partial charge in [0.15, 0.2) is 5.82 Å². The molecule has 12 heavy (non-hydrogen) atoms. The van der Waals surface area contributed by atoms with E-state index < -0.39 is 0 Å². The molecular formula is C8H15N3O. The van der Waals surface area contributed by atoms with Crippen molar-refractivity contribution in [3.63, 3.8) is 0 Å². The van der Waals surface area contributed by atoms with Crippen LogP contribution in [0.5, 0.6) is 0 Å². The van der Waals surface area contributed by atoms with Crippen molar-refractivity contribution in [3.05, 3.63) is 11.7 Å². The monoisotopic (exact) mass is 169 g/mol. The molecule has 0 aliphatic heterocycles. The summed E-state index contributed by atoms with van der Waals surface area (Å²) < 4.78 is 4.88. The number of rotatable bonds is 4. The maximum absolute atomic E-state index is 4.88. The second-order valence-electron chi connectivity index (χ2n) is 2.96. The van der Waals surface area contributed by atoms with Crippen molar-refractivity contribution in [1.29, 1.82) is 0 Å². The SMILES string of the molecule is CNCCC(C)c1noc(C)n1. The zero-order chi connectivity index (χ0) is 8.97. The lowest BCUT2D eigenvalue weighted by Gasteiger charge is -2.04. The van der Waals surface area contributed by atoms with Gasteiger partial charge in [-0.3, -0.25) is 0 Å². The van der Waals surface area contributed by atoms with Gasteiger partial charge in [0.05, 0.1) is 0 Å². The van der Waals surface area contributed by atoms with E-state index in [-0.39, 0.29) is 0 Å². The normalized spacial score (nSPS) is 13.2. The van der Waals surface area contributed by atoms with E-state index in [0.717, 1.165) is 18.8 Å². The second kappa shape index (κ2) is 4.21. The minimum Gasteiger partial charge on any atom is -0.340 e. The first-order valence-corrected chi connectivity index (χ1v) is 4.19. The molecule has 4 heteroatoms. The number of nitrogens with one attached hydrogen (secondary N) is 1. The Morgan fingerprint density at radius 2 is 2.33 bits per heavy atom. The summed E-state index contributed by atoms with van der Waals surface area (Å²) in [5.74, 6) is 1.82. The molecule has 1 aromatic rings. The van der Waals surface area contributed by atoms with E-state index >= 15 is 0 Å². The molecule has 4 nitrogen and oxygen atoms in total. The van der Waals surface area contributed by atoms with Crippen LogP contribution < -0.4 is 5.32 Å². The molecule has 1 aromatic heterocycles. The van der Waals surface area contributed by atoms with E-state index in [1.807, 2.05) is 7.05 Å². The van der Waals surface area contributed by atoms with Gasteiger partial charge in [-0.1, -0.05) is 12.1 Å². The van der Waals surface area contributed by atoms with Crippen LogP contribution in [0.4, 0.5) is 0 Å². The summed E-state index contributed by atoms with van der Waals surface area (Å²) in [5.41, 5.74) is 0. The average molecular weight is 169 g/mol. The summed E-state index contributed by atoms with van der Waals surface area (Å²) in [6.45, 7) is 4.89. The van der Waals surface area contributed by atoms with Crippen LogP contribution in [0.3, 0.4) is 0 Å². The lowest BCUT2D eigenvalue weighted by Crippen LogP contribution is -2.11. The van der Waals surface area contributed by atoms with Gasteiger partial charge in [0.25, 0.3) is 0 Å². The number of hydrogen-bond donors (Lipinski definition) is 1. The van der Waals surface area contributed by atoms with Gasteiger partial charge < -0.3 is 9.84 Å². The Bertz CT molecular complexity index is 234. The maximum atomic E-state index is 4.88. The van der Waals surface area contributed by atoms with Crippen LogP contribution in [0.25, 0.3) is 0 Å². The van der Waals surface area contributed by atoms with Crippen LogP contribution in [-0.2, 0) is 0 Å². The van der Waals surface area contributed by atoms with Crippen molar-refractivity contribution >= 4 is 0 Å². The molecule has 0 saturated carbocycles. The molecule has 1 heterocycles. The van der Waals surface area contributed by atoms with Crippen LogP contribution >= 0.6 is 0 Å². The molecule has 68 valence electrons. The topological polar surface area (TPSA) is 51.0 Å². The quantitative estimate of drug-likeness (QED) is 0.733. The van der Waals surface area contributed by atoms with Crippen molar-refractivity contribution in [2.45, 2.75) is 26.2 Å². The van der Waals surface area contributed by atoms with Crippen molar-refractivity contribution < 1.29 is 4.52 Å². The maximum Gasteiger partial charge on any atom is 0.223 e. The highest BCUT2D eigenvalue weighted by molar-refractivity contribution is 4.92. The molecule has 1 N–H and O–H groups in total. The standard InChI is InChI=1S/C8H15N3O/c1-6(4-5-9-3)8-10-7(2)12-11-8/h6,9H,4-5H2,1-3H3. The summed E-state index contributed by atoms with van der Waals surface area (Å²) in [6, 6.07) is 0. The smallest absolute Gasteiger partial charge is 0.223 e. The van der Waals surface area contributed by atoms with E-state index in [1.54, 1.807) is 6.92 Å². The Morgan fingerprint density at radius 1 is 1.58 bits per heavy atom. The van der Waals surface area contributed by atoms with Crippen LogP contribution in [0, 0.1) is 6.92 Å². The predicted molar refractivity (Wildman–Crippen MR) is 46.0 cm³/mol. The zero-order valence-electron chi connectivity index (χ0n) is 7.79. The molecule has 0 aromatic carbocycles. The molecule has 1 unspecified atom stereocenters. The number of hydrogen-bond acceptors (Lipinski definition) is 4. The van der Waals surface area contributed by atoms with E-state index in [2.05, 4.69) is 22.4 Å². The number of aromatic nitrogens is 2. The third-order valence-corrected chi connectivity index (χ3v) is 1.81. The van der Waals surface area contributed by atoms with Gasteiger partial charge in [-0.15, -0.1) is 0 Å². The number of nitrogens with zero attached hydrogens (tertiary/aromatic N) is 2. The number of aryl methyl sites for hydroxylation is 1. The van der Waals surface area contributed by atoms with Crippen molar-refractivity contribution in [3.8, 4) is 0 Å². The molecule has 0 fully saturated rings. The largest absolute Gasteiger partial charge is 0.340 e. The lowest BCUT2D eigenvalue weighted by atomic mass is 10.1. The molecule has 0 aliphatic carbocycles. The summed E-state index contributed by atoms with van der Waals surface area (Å²) in [6.07, 6.45) is 1.04. The molecule has 0 bridgehead atoms. The van der Waals surface area contributed by atoms with Gasteiger partial charge in [0.1, 0.15) is 0 Å². The summed E-state index contributed by atoms with van der Waals surface area (Å²) in [4.78, 5) is 4.16. The van der Waals surface area contributed by atoms with Crippen molar-refractivity contribution in [2.24, 2.45) is 0 Å². The predicted octanol–water partition coefficient (Wildman–Crippen LogP) is 1.09. The van der Waals surface area contributed by atoms with Gasteiger partial charge in [0, 0.05) is 12.8 Å². The molecule has 0 radical (unpaired) electrons. The molecule has 1 atom stereocenters. The minimum absolute atomic E-state index is 0.370. The Labute approximate surface area is 72.4 Å². The fraction of sp³-hybridized carbons (Fsp3) is 0.750. The fourth-order valence-electron chi connectivity index (χ4n) is 1.01. The summed E-state index contributed by atoms with van der Waals surface area (Å²) in [5, 5.41) is 6.94. The molecule has 0 aliphatic rings. The van der Waals surface area contributed by atoms with Crippen LogP contribution in [0.2, 0.25) is 0 Å². The van der Waals surface area contributed by atoms with Gasteiger partial charge in [-0.2, -0.15) is 4.98 Å². The Balaban J connectivity index is 2.47. The van der Waals surface area contributed by atoms with Gasteiger partial charge in [0.2, 0.25) is 5.89 Å². The first-order valence-electron chi connectivity index (χ1n) is 4.19. The molecular weight excluding hydrogens is 154 g/mol.